The van der Waals surface area contributed by atoms with Gasteiger partial charge in [-0.05, 0) is 54.8 Å². The van der Waals surface area contributed by atoms with Gasteiger partial charge in [0, 0.05) is 25.1 Å². The zero-order chi connectivity index (χ0) is 21.7. The highest BCUT2D eigenvalue weighted by atomic mass is 31.2. The van der Waals surface area contributed by atoms with E-state index in [1.54, 1.807) is 37.4 Å². The Bertz CT molecular complexity index is 878. The first-order valence-corrected chi connectivity index (χ1v) is 12.0. The lowest BCUT2D eigenvalue weighted by atomic mass is 9.98. The van der Waals surface area contributed by atoms with Gasteiger partial charge in [0.05, 0.1) is 20.3 Å². The standard InChI is InChI=1S/C23H32NO5P/c1-24(2)18-11-13-20(14-12-18)30(26,29-19-8-6-5-7-9-19)23(25)17-10-15-21(27-3)22(16-17)28-4/h10-16,19,23,25H,5-9H2,1-4H3/t23-,30-/m0/s1. The van der Waals surface area contributed by atoms with Crippen LogP contribution in [0.15, 0.2) is 42.5 Å². The zero-order valence-electron chi connectivity index (χ0n) is 18.2. The van der Waals surface area contributed by atoms with E-state index in [9.17, 15) is 9.67 Å². The van der Waals surface area contributed by atoms with Crippen molar-refractivity contribution in [1.82, 2.24) is 0 Å². The molecule has 0 amide bonds. The second-order valence-corrected chi connectivity index (χ2v) is 10.3. The molecular formula is C23H32NO5P. The molecule has 6 nitrogen and oxygen atoms in total. The van der Waals surface area contributed by atoms with Crippen LogP contribution in [0.2, 0.25) is 0 Å². The van der Waals surface area contributed by atoms with Crippen molar-refractivity contribution < 1.29 is 23.7 Å². The maximum Gasteiger partial charge on any atom is 0.264 e. The Balaban J connectivity index is 2.00. The van der Waals surface area contributed by atoms with Gasteiger partial charge in [0.25, 0.3) is 7.37 Å². The minimum Gasteiger partial charge on any atom is -0.493 e. The number of hydrogen-bond acceptors (Lipinski definition) is 6. The molecular weight excluding hydrogens is 401 g/mol. The van der Waals surface area contributed by atoms with E-state index < -0.39 is 13.2 Å². The van der Waals surface area contributed by atoms with E-state index in [1.807, 2.05) is 31.1 Å². The molecule has 30 heavy (non-hydrogen) atoms. The second kappa shape index (κ2) is 9.86. The van der Waals surface area contributed by atoms with Crippen LogP contribution in [0.25, 0.3) is 0 Å². The molecule has 0 aromatic heterocycles. The van der Waals surface area contributed by atoms with Crippen molar-refractivity contribution in [3.8, 4) is 11.5 Å². The van der Waals surface area contributed by atoms with Crippen LogP contribution in [0.1, 0.15) is 43.5 Å². The summed E-state index contributed by atoms with van der Waals surface area (Å²) in [7, 11) is 3.37. The van der Waals surface area contributed by atoms with Gasteiger partial charge in [0.15, 0.2) is 17.3 Å². The third kappa shape index (κ3) is 4.83. The van der Waals surface area contributed by atoms with Gasteiger partial charge in [-0.3, -0.25) is 4.57 Å². The molecule has 0 radical (unpaired) electrons. The van der Waals surface area contributed by atoms with Crippen molar-refractivity contribution in [2.24, 2.45) is 0 Å². The SMILES string of the molecule is COc1ccc([C@@H](O)[P@@](=O)(OC2CCCCC2)c2ccc(N(C)C)cc2)cc1OC. The molecule has 1 saturated carbocycles. The number of benzene rings is 2. The molecule has 3 rings (SSSR count). The Morgan fingerprint density at radius 2 is 1.60 bits per heavy atom. The molecule has 0 heterocycles. The summed E-state index contributed by atoms with van der Waals surface area (Å²) in [4.78, 5) is 1.97. The quantitative estimate of drug-likeness (QED) is 0.608. The van der Waals surface area contributed by atoms with Crippen molar-refractivity contribution in [2.75, 3.05) is 33.2 Å². The predicted molar refractivity (Wildman–Crippen MR) is 120 cm³/mol. The predicted octanol–water partition coefficient (Wildman–Crippen LogP) is 4.71. The van der Waals surface area contributed by atoms with Crippen molar-refractivity contribution in [3.05, 3.63) is 48.0 Å². The number of rotatable bonds is 8. The first kappa shape index (κ1) is 22.7. The maximum atomic E-state index is 14.3. The molecule has 0 bridgehead atoms. The molecule has 0 aliphatic heterocycles. The van der Waals surface area contributed by atoms with E-state index in [-0.39, 0.29) is 6.10 Å². The summed E-state index contributed by atoms with van der Waals surface area (Å²) >= 11 is 0. The van der Waals surface area contributed by atoms with Crippen molar-refractivity contribution in [2.45, 2.75) is 44.1 Å². The Kier molecular flexibility index (Phi) is 7.45. The number of aliphatic hydroxyl groups excluding tert-OH is 1. The zero-order valence-corrected chi connectivity index (χ0v) is 19.1. The molecule has 7 heteroatoms. The molecule has 0 saturated heterocycles. The number of aliphatic hydroxyl groups is 1. The molecule has 1 N–H and O–H groups in total. The third-order valence-electron chi connectivity index (χ3n) is 5.61. The summed E-state index contributed by atoms with van der Waals surface area (Å²) in [5, 5.41) is 11.8. The van der Waals surface area contributed by atoms with Crippen LogP contribution >= 0.6 is 7.37 Å². The normalized spacial score (nSPS) is 17.8. The fraction of sp³-hybridized carbons (Fsp3) is 0.478. The molecule has 1 aliphatic rings. The Labute approximate surface area is 179 Å². The van der Waals surface area contributed by atoms with Gasteiger partial charge in [-0.2, -0.15) is 0 Å². The summed E-state index contributed by atoms with van der Waals surface area (Å²) in [6.07, 6.45) is 4.87. The fourth-order valence-electron chi connectivity index (χ4n) is 3.82. The molecule has 2 atom stereocenters. The van der Waals surface area contributed by atoms with E-state index in [4.69, 9.17) is 14.0 Å². The minimum atomic E-state index is -3.62. The monoisotopic (exact) mass is 433 g/mol. The fourth-order valence-corrected chi connectivity index (χ4v) is 6.11. The maximum absolute atomic E-state index is 14.3. The van der Waals surface area contributed by atoms with Gasteiger partial charge in [-0.25, -0.2) is 0 Å². The van der Waals surface area contributed by atoms with E-state index in [2.05, 4.69) is 0 Å². The number of hydrogen-bond donors (Lipinski definition) is 1. The highest BCUT2D eigenvalue weighted by Gasteiger charge is 2.39. The first-order chi connectivity index (χ1) is 14.4. The summed E-state index contributed by atoms with van der Waals surface area (Å²) in [5.74, 6) is -0.280. The van der Waals surface area contributed by atoms with E-state index >= 15 is 0 Å². The van der Waals surface area contributed by atoms with Gasteiger partial charge >= 0.3 is 0 Å². The lowest BCUT2D eigenvalue weighted by Crippen LogP contribution is -2.22. The first-order valence-electron chi connectivity index (χ1n) is 10.3. The molecule has 0 spiro atoms. The average Bonchev–Trinajstić information content (AvgIpc) is 2.78. The van der Waals surface area contributed by atoms with Gasteiger partial charge in [0.2, 0.25) is 0 Å². The van der Waals surface area contributed by atoms with Gasteiger partial charge in [0.1, 0.15) is 0 Å². The van der Waals surface area contributed by atoms with Crippen molar-refractivity contribution >= 4 is 18.4 Å². The Hall–Kier alpha value is -2.01. The smallest absolute Gasteiger partial charge is 0.264 e. The molecule has 1 fully saturated rings. The number of anilines is 1. The summed E-state index contributed by atoms with van der Waals surface area (Å²) in [6.45, 7) is 0. The molecule has 0 unspecified atom stereocenters. The number of ether oxygens (including phenoxy) is 2. The molecule has 2 aromatic carbocycles. The van der Waals surface area contributed by atoms with E-state index in [0.717, 1.165) is 31.4 Å². The second-order valence-electron chi connectivity index (χ2n) is 7.86. The third-order valence-corrected chi connectivity index (χ3v) is 8.18. The molecule has 2 aromatic rings. The number of methoxy groups -OCH3 is 2. The minimum absolute atomic E-state index is 0.118. The highest BCUT2D eigenvalue weighted by molar-refractivity contribution is 7.67. The van der Waals surface area contributed by atoms with Crippen molar-refractivity contribution in [1.29, 1.82) is 0 Å². The topological polar surface area (TPSA) is 68.2 Å². The van der Waals surface area contributed by atoms with Gasteiger partial charge in [-0.15, -0.1) is 0 Å². The van der Waals surface area contributed by atoms with Crippen LogP contribution in [0.4, 0.5) is 5.69 Å². The van der Waals surface area contributed by atoms with Gasteiger partial charge in [-0.1, -0.05) is 25.3 Å². The largest absolute Gasteiger partial charge is 0.493 e. The summed E-state index contributed by atoms with van der Waals surface area (Å²) in [6, 6.07) is 12.5. The van der Waals surface area contributed by atoms with Gasteiger partial charge < -0.3 is 24.0 Å². The Morgan fingerprint density at radius 3 is 2.17 bits per heavy atom. The van der Waals surface area contributed by atoms with Crippen LogP contribution in [-0.2, 0) is 9.09 Å². The van der Waals surface area contributed by atoms with E-state index in [0.29, 0.717) is 22.4 Å². The Morgan fingerprint density at radius 1 is 0.967 bits per heavy atom. The number of nitrogens with zero attached hydrogens (tertiary/aromatic N) is 1. The highest BCUT2D eigenvalue weighted by Crippen LogP contribution is 2.60. The van der Waals surface area contributed by atoms with Crippen molar-refractivity contribution in [3.63, 3.8) is 0 Å². The molecule has 1 aliphatic carbocycles. The van der Waals surface area contributed by atoms with E-state index in [1.165, 1.54) is 13.5 Å². The average molecular weight is 433 g/mol. The lowest BCUT2D eigenvalue weighted by Gasteiger charge is -2.31. The van der Waals surface area contributed by atoms with Crippen LogP contribution in [0, 0.1) is 0 Å². The summed E-state index contributed by atoms with van der Waals surface area (Å²) < 4.78 is 31.1. The van der Waals surface area contributed by atoms with Crippen LogP contribution in [0.3, 0.4) is 0 Å². The lowest BCUT2D eigenvalue weighted by molar-refractivity contribution is 0.137. The summed E-state index contributed by atoms with van der Waals surface area (Å²) in [5.41, 5.74) is 1.46. The van der Waals surface area contributed by atoms with Crippen LogP contribution in [0.5, 0.6) is 11.5 Å². The van der Waals surface area contributed by atoms with Crippen LogP contribution < -0.4 is 19.7 Å². The molecule has 164 valence electrons. The van der Waals surface area contributed by atoms with Crippen LogP contribution in [-0.4, -0.2) is 39.5 Å².